The van der Waals surface area contributed by atoms with Crippen molar-refractivity contribution >= 4 is 39.6 Å². The number of anilines is 1. The number of rotatable bonds is 7. The van der Waals surface area contributed by atoms with Gasteiger partial charge < -0.3 is 14.8 Å². The molecule has 0 radical (unpaired) electrons. The minimum absolute atomic E-state index is 0.213. The number of carbonyl (C=O) groups excluding carboxylic acids is 2. The summed E-state index contributed by atoms with van der Waals surface area (Å²) in [5, 5.41) is 6.82. The van der Waals surface area contributed by atoms with Crippen molar-refractivity contribution in [3.05, 3.63) is 87.4 Å². The van der Waals surface area contributed by atoms with Crippen LogP contribution in [0.4, 0.5) is 5.69 Å². The van der Waals surface area contributed by atoms with Gasteiger partial charge in [-0.2, -0.15) is 5.10 Å². The summed E-state index contributed by atoms with van der Waals surface area (Å²) in [6.45, 7) is 1.93. The van der Waals surface area contributed by atoms with Gasteiger partial charge in [0.2, 0.25) is 0 Å². The molecule has 32 heavy (non-hydrogen) atoms. The molecule has 0 bridgehead atoms. The topological polar surface area (TPSA) is 89.0 Å². The first-order chi connectivity index (χ1) is 15.4. The molecule has 0 spiro atoms. The van der Waals surface area contributed by atoms with E-state index in [4.69, 9.17) is 9.47 Å². The molecule has 3 aromatic rings. The monoisotopic (exact) mass is 495 g/mol. The van der Waals surface area contributed by atoms with E-state index < -0.39 is 0 Å². The normalized spacial score (nSPS) is 10.6. The van der Waals surface area contributed by atoms with E-state index in [2.05, 4.69) is 31.8 Å². The first-order valence-electron chi connectivity index (χ1n) is 9.64. The van der Waals surface area contributed by atoms with E-state index in [1.165, 1.54) is 13.3 Å². The summed E-state index contributed by atoms with van der Waals surface area (Å²) in [5.41, 5.74) is 5.71. The van der Waals surface area contributed by atoms with Gasteiger partial charge in [-0.15, -0.1) is 0 Å². The average molecular weight is 496 g/mol. The smallest absolute Gasteiger partial charge is 0.271 e. The van der Waals surface area contributed by atoms with E-state index in [0.717, 1.165) is 10.0 Å². The Hall–Kier alpha value is -3.65. The zero-order chi connectivity index (χ0) is 23.1. The number of ether oxygens (including phenoxy) is 2. The number of aryl methyl sites for hydroxylation is 1. The van der Waals surface area contributed by atoms with Gasteiger partial charge in [-0.3, -0.25) is 9.59 Å². The van der Waals surface area contributed by atoms with E-state index in [9.17, 15) is 9.59 Å². The molecule has 0 aliphatic rings. The van der Waals surface area contributed by atoms with Crippen LogP contribution in [0.2, 0.25) is 0 Å². The van der Waals surface area contributed by atoms with E-state index >= 15 is 0 Å². The highest BCUT2D eigenvalue weighted by atomic mass is 79.9. The number of hydrazone groups is 1. The number of nitrogens with one attached hydrogen (secondary N) is 2. The number of hydrogen-bond donors (Lipinski definition) is 2. The summed E-state index contributed by atoms with van der Waals surface area (Å²) in [6.07, 6.45) is 1.48. The molecule has 2 N–H and O–H groups in total. The number of hydrogen-bond acceptors (Lipinski definition) is 5. The quantitative estimate of drug-likeness (QED) is 0.364. The lowest BCUT2D eigenvalue weighted by atomic mass is 10.1. The summed E-state index contributed by atoms with van der Waals surface area (Å²) >= 11 is 3.41. The molecule has 0 heterocycles. The van der Waals surface area contributed by atoms with Crippen LogP contribution in [0, 0.1) is 6.92 Å². The standard InChI is InChI=1S/C24H22BrN3O4/c1-15-5-4-6-17(11-15)23(29)27-19-9-7-16(8-10-19)24(30)28-26-14-18-12-20(25)22(32-3)13-21(18)31-2/h4-14H,1-3H3,(H,27,29)(H,28,30)/b26-14+. The summed E-state index contributed by atoms with van der Waals surface area (Å²) < 4.78 is 11.3. The maximum atomic E-state index is 12.4. The van der Waals surface area contributed by atoms with Crippen LogP contribution in [0.1, 0.15) is 31.8 Å². The van der Waals surface area contributed by atoms with Crippen LogP contribution >= 0.6 is 15.9 Å². The van der Waals surface area contributed by atoms with Gasteiger partial charge >= 0.3 is 0 Å². The number of halogens is 1. The SMILES string of the molecule is COc1cc(OC)c(/C=N/NC(=O)c2ccc(NC(=O)c3cccc(C)c3)cc2)cc1Br. The molecule has 7 nitrogen and oxygen atoms in total. The molecule has 3 rings (SSSR count). The van der Waals surface area contributed by atoms with Crippen LogP contribution < -0.4 is 20.2 Å². The van der Waals surface area contributed by atoms with Gasteiger partial charge in [0.25, 0.3) is 11.8 Å². The van der Waals surface area contributed by atoms with Crippen molar-refractivity contribution in [1.29, 1.82) is 0 Å². The van der Waals surface area contributed by atoms with Crippen molar-refractivity contribution in [1.82, 2.24) is 5.43 Å². The fourth-order valence-corrected chi connectivity index (χ4v) is 3.43. The average Bonchev–Trinajstić information content (AvgIpc) is 2.79. The lowest BCUT2D eigenvalue weighted by molar-refractivity contribution is 0.0954. The Morgan fingerprint density at radius 1 is 0.906 bits per heavy atom. The van der Waals surface area contributed by atoms with Crippen molar-refractivity contribution in [2.75, 3.05) is 19.5 Å². The summed E-state index contributed by atoms with van der Waals surface area (Å²) in [7, 11) is 3.10. The highest BCUT2D eigenvalue weighted by molar-refractivity contribution is 9.10. The molecule has 2 amide bonds. The Morgan fingerprint density at radius 2 is 1.62 bits per heavy atom. The minimum Gasteiger partial charge on any atom is -0.496 e. The zero-order valence-corrected chi connectivity index (χ0v) is 19.4. The van der Waals surface area contributed by atoms with E-state index in [0.29, 0.717) is 33.9 Å². The highest BCUT2D eigenvalue weighted by Gasteiger charge is 2.10. The van der Waals surface area contributed by atoms with Gasteiger partial charge in [-0.05, 0) is 65.3 Å². The predicted octanol–water partition coefficient (Wildman–Crippen LogP) is 4.79. The number of carbonyl (C=O) groups is 2. The first-order valence-corrected chi connectivity index (χ1v) is 10.4. The summed E-state index contributed by atoms with van der Waals surface area (Å²) in [4.78, 5) is 24.7. The molecule has 0 aliphatic heterocycles. The molecule has 164 valence electrons. The predicted molar refractivity (Wildman–Crippen MR) is 128 cm³/mol. The maximum absolute atomic E-state index is 12.4. The van der Waals surface area contributed by atoms with Crippen molar-refractivity contribution in [2.24, 2.45) is 5.10 Å². The first kappa shape index (κ1) is 23.0. The van der Waals surface area contributed by atoms with Crippen molar-refractivity contribution in [3.63, 3.8) is 0 Å². The number of methoxy groups -OCH3 is 2. The Morgan fingerprint density at radius 3 is 2.28 bits per heavy atom. The van der Waals surface area contributed by atoms with Gasteiger partial charge in [0.05, 0.1) is 24.9 Å². The summed E-state index contributed by atoms with van der Waals surface area (Å²) in [5.74, 6) is 0.578. The second kappa shape index (κ2) is 10.6. The van der Waals surface area contributed by atoms with E-state index in [1.807, 2.05) is 25.1 Å². The third-order valence-electron chi connectivity index (χ3n) is 4.56. The van der Waals surface area contributed by atoms with Gasteiger partial charge in [0, 0.05) is 28.4 Å². The van der Waals surface area contributed by atoms with Crippen LogP contribution in [-0.2, 0) is 0 Å². The Kier molecular flexibility index (Phi) is 7.62. The molecule has 0 saturated heterocycles. The molecule has 0 atom stereocenters. The minimum atomic E-state index is -0.385. The molecule has 0 aromatic heterocycles. The Labute approximate surface area is 194 Å². The molecule has 0 saturated carbocycles. The maximum Gasteiger partial charge on any atom is 0.271 e. The fraction of sp³-hybridized carbons (Fsp3) is 0.125. The largest absolute Gasteiger partial charge is 0.496 e. The van der Waals surface area contributed by atoms with Crippen molar-refractivity contribution < 1.29 is 19.1 Å². The highest BCUT2D eigenvalue weighted by Crippen LogP contribution is 2.31. The van der Waals surface area contributed by atoms with Gasteiger partial charge in [0.15, 0.2) is 0 Å². The lowest BCUT2D eigenvalue weighted by Gasteiger charge is -2.09. The molecule has 3 aromatic carbocycles. The molecule has 0 aliphatic carbocycles. The zero-order valence-electron chi connectivity index (χ0n) is 17.8. The van der Waals surface area contributed by atoms with E-state index in [-0.39, 0.29) is 11.8 Å². The number of benzene rings is 3. The Bertz CT molecular complexity index is 1160. The Balaban J connectivity index is 1.63. The lowest BCUT2D eigenvalue weighted by Crippen LogP contribution is -2.18. The summed E-state index contributed by atoms with van der Waals surface area (Å²) in [6, 6.07) is 17.4. The molecule has 8 heteroatoms. The van der Waals surface area contributed by atoms with Crippen molar-refractivity contribution in [3.8, 4) is 11.5 Å². The third-order valence-corrected chi connectivity index (χ3v) is 5.18. The van der Waals surface area contributed by atoms with Gasteiger partial charge in [-0.25, -0.2) is 5.43 Å². The number of nitrogens with zero attached hydrogens (tertiary/aromatic N) is 1. The van der Waals surface area contributed by atoms with Crippen molar-refractivity contribution in [2.45, 2.75) is 6.92 Å². The number of amides is 2. The van der Waals surface area contributed by atoms with Gasteiger partial charge in [-0.1, -0.05) is 17.7 Å². The second-order valence-corrected chi connectivity index (χ2v) is 7.68. The second-order valence-electron chi connectivity index (χ2n) is 6.83. The third kappa shape index (κ3) is 5.73. The van der Waals surface area contributed by atoms with Crippen LogP contribution in [0.3, 0.4) is 0 Å². The van der Waals surface area contributed by atoms with Crippen LogP contribution in [0.25, 0.3) is 0 Å². The molecule has 0 fully saturated rings. The van der Waals surface area contributed by atoms with Crippen LogP contribution in [0.15, 0.2) is 70.2 Å². The molecular formula is C24H22BrN3O4. The van der Waals surface area contributed by atoms with Crippen LogP contribution in [0.5, 0.6) is 11.5 Å². The van der Waals surface area contributed by atoms with Crippen LogP contribution in [-0.4, -0.2) is 32.2 Å². The molecular weight excluding hydrogens is 474 g/mol. The van der Waals surface area contributed by atoms with Gasteiger partial charge in [0.1, 0.15) is 11.5 Å². The fourth-order valence-electron chi connectivity index (χ4n) is 2.90. The molecule has 0 unspecified atom stereocenters. The van der Waals surface area contributed by atoms with E-state index in [1.54, 1.807) is 49.6 Å².